The number of hydrogen-bond acceptors (Lipinski definition) is 7. The van der Waals surface area contributed by atoms with E-state index < -0.39 is 47.9 Å². The number of unbranched alkanes of at least 4 members (excludes halogenated alkanes) is 2. The van der Waals surface area contributed by atoms with Crippen molar-refractivity contribution < 1.29 is 24.3 Å². The predicted molar refractivity (Wildman–Crippen MR) is 152 cm³/mol. The summed E-state index contributed by atoms with van der Waals surface area (Å²) in [7, 11) is 0. The van der Waals surface area contributed by atoms with E-state index in [-0.39, 0.29) is 6.42 Å². The molecule has 12 nitrogen and oxygen atoms in total. The minimum atomic E-state index is -1.06. The number of nitrogens with one attached hydrogen (secondary N) is 3. The van der Waals surface area contributed by atoms with Gasteiger partial charge in [-0.15, -0.1) is 0 Å². The molecular weight excluding hydrogens is 514 g/mol. The van der Waals surface area contributed by atoms with Crippen LogP contribution in [0.2, 0.25) is 0 Å². The fraction of sp³-hybridized carbons (Fsp3) is 0.571. The highest BCUT2D eigenvalue weighted by Gasteiger charge is 2.38. The Labute approximate surface area is 234 Å². The molecule has 40 heavy (non-hydrogen) atoms. The van der Waals surface area contributed by atoms with Crippen LogP contribution in [0.3, 0.4) is 0 Å². The summed E-state index contributed by atoms with van der Waals surface area (Å²) in [6.07, 6.45) is 6.17. The zero-order valence-electron chi connectivity index (χ0n) is 22.9. The summed E-state index contributed by atoms with van der Waals surface area (Å²) in [5, 5.41) is 16.1. The molecule has 0 aliphatic carbocycles. The number of benzene rings is 1. The van der Waals surface area contributed by atoms with Gasteiger partial charge in [-0.05, 0) is 82.5 Å². The first-order valence-corrected chi connectivity index (χ1v) is 14.1. The molecule has 12 heteroatoms. The molecule has 1 aromatic carbocycles. The first-order chi connectivity index (χ1) is 19.3. The Morgan fingerprint density at radius 2 is 1.62 bits per heavy atom. The van der Waals surface area contributed by atoms with E-state index >= 15 is 0 Å². The van der Waals surface area contributed by atoms with Gasteiger partial charge in [0.25, 0.3) is 0 Å². The lowest BCUT2D eigenvalue weighted by Crippen LogP contribution is -2.57. The molecule has 1 saturated heterocycles. The summed E-state index contributed by atoms with van der Waals surface area (Å²) in [5.41, 5.74) is 19.4. The van der Waals surface area contributed by atoms with Crippen molar-refractivity contribution in [1.29, 1.82) is 0 Å². The van der Waals surface area contributed by atoms with E-state index in [0.29, 0.717) is 71.0 Å². The number of carboxylic acids is 1. The molecule has 3 amide bonds. The average Bonchev–Trinajstić information content (AvgIpc) is 3.59. The van der Waals surface area contributed by atoms with Crippen LogP contribution in [0.1, 0.15) is 56.9 Å². The summed E-state index contributed by atoms with van der Waals surface area (Å²) >= 11 is 0. The predicted octanol–water partition coefficient (Wildman–Crippen LogP) is 0.341. The molecule has 10 N–H and O–H groups in total. The number of fused-ring (bicyclic) bond motifs is 1. The third-order valence-corrected chi connectivity index (χ3v) is 7.41. The van der Waals surface area contributed by atoms with Crippen molar-refractivity contribution >= 4 is 34.6 Å². The molecule has 0 radical (unpaired) electrons. The quantitative estimate of drug-likeness (QED) is 0.143. The van der Waals surface area contributed by atoms with Crippen LogP contribution >= 0.6 is 0 Å². The monoisotopic (exact) mass is 557 g/mol. The molecular formula is C28H43N7O5. The number of para-hydroxylation sites is 1. The molecule has 0 bridgehead atoms. The van der Waals surface area contributed by atoms with E-state index in [1.54, 1.807) is 0 Å². The maximum atomic E-state index is 13.5. The van der Waals surface area contributed by atoms with Crippen LogP contribution in [0.15, 0.2) is 30.5 Å². The highest BCUT2D eigenvalue weighted by Crippen LogP contribution is 2.21. The number of nitrogens with zero attached hydrogens (tertiary/aromatic N) is 1. The lowest BCUT2D eigenvalue weighted by molar-refractivity contribution is -0.149. The number of hydrogen-bond donors (Lipinski definition) is 7. The topological polar surface area (TPSA) is 210 Å². The summed E-state index contributed by atoms with van der Waals surface area (Å²) in [6, 6.07) is 4.06. The highest BCUT2D eigenvalue weighted by atomic mass is 16.4. The van der Waals surface area contributed by atoms with Crippen molar-refractivity contribution in [3.8, 4) is 0 Å². The van der Waals surface area contributed by atoms with Gasteiger partial charge in [-0.2, -0.15) is 0 Å². The van der Waals surface area contributed by atoms with Gasteiger partial charge in [-0.3, -0.25) is 14.4 Å². The van der Waals surface area contributed by atoms with Crippen molar-refractivity contribution in [1.82, 2.24) is 20.5 Å². The molecule has 0 saturated carbocycles. The van der Waals surface area contributed by atoms with E-state index in [2.05, 4.69) is 15.6 Å². The first kappa shape index (κ1) is 31.1. The second-order valence-electron chi connectivity index (χ2n) is 10.4. The lowest BCUT2D eigenvalue weighted by atomic mass is 10.0. The lowest BCUT2D eigenvalue weighted by Gasteiger charge is -2.29. The van der Waals surface area contributed by atoms with Gasteiger partial charge >= 0.3 is 5.97 Å². The Hall–Kier alpha value is -3.48. The number of aromatic nitrogens is 1. The molecule has 2 aromatic rings. The van der Waals surface area contributed by atoms with Crippen molar-refractivity contribution in [2.75, 3.05) is 19.6 Å². The zero-order valence-corrected chi connectivity index (χ0v) is 22.9. The SMILES string of the molecule is NCCCCC(NC(=O)C(N)Cc1c[nH]c2ccccc12)C(=O)NC(CCCCN)C(=O)N1CCCC1C(=O)O. The van der Waals surface area contributed by atoms with Crippen molar-refractivity contribution in [3.63, 3.8) is 0 Å². The van der Waals surface area contributed by atoms with Crippen molar-refractivity contribution in [3.05, 3.63) is 36.0 Å². The summed E-state index contributed by atoms with van der Waals surface area (Å²) in [5.74, 6) is -2.48. The Bertz CT molecular complexity index is 1150. The summed E-state index contributed by atoms with van der Waals surface area (Å²) in [6.45, 7) is 1.19. The van der Waals surface area contributed by atoms with Gasteiger partial charge in [0.1, 0.15) is 18.1 Å². The number of carbonyl (C=O) groups excluding carboxylic acids is 3. The van der Waals surface area contributed by atoms with E-state index in [0.717, 1.165) is 16.5 Å². The number of rotatable bonds is 16. The number of H-pyrrole nitrogens is 1. The van der Waals surface area contributed by atoms with E-state index in [9.17, 15) is 24.3 Å². The normalized spacial score (nSPS) is 17.4. The van der Waals surface area contributed by atoms with E-state index in [1.165, 1.54) is 4.90 Å². The standard InChI is InChI=1S/C28H43N7O5/c29-13-5-3-10-22(33-25(36)20(31)16-18-17-32-21-9-2-1-8-19(18)21)26(37)34-23(11-4-6-14-30)27(38)35-15-7-12-24(35)28(39)40/h1-2,8-9,17,20,22-24,32H,3-7,10-16,29-31H2,(H,33,36)(H,34,37)(H,39,40). The average molecular weight is 558 g/mol. The first-order valence-electron chi connectivity index (χ1n) is 14.1. The maximum absolute atomic E-state index is 13.5. The molecule has 1 aliphatic heterocycles. The van der Waals surface area contributed by atoms with Gasteiger partial charge in [0, 0.05) is 23.6 Å². The smallest absolute Gasteiger partial charge is 0.326 e. The van der Waals surface area contributed by atoms with Crippen LogP contribution < -0.4 is 27.8 Å². The second kappa shape index (κ2) is 15.3. The van der Waals surface area contributed by atoms with Gasteiger partial charge in [0.05, 0.1) is 6.04 Å². The van der Waals surface area contributed by atoms with Crippen LogP contribution in [0.5, 0.6) is 0 Å². The van der Waals surface area contributed by atoms with Crippen LogP contribution in [0, 0.1) is 0 Å². The Kier molecular flexibility index (Phi) is 11.9. The minimum absolute atomic E-state index is 0.277. The number of amides is 3. The third-order valence-electron chi connectivity index (χ3n) is 7.41. The molecule has 220 valence electrons. The molecule has 1 aromatic heterocycles. The van der Waals surface area contributed by atoms with Crippen LogP contribution in [0.4, 0.5) is 0 Å². The van der Waals surface area contributed by atoms with E-state index in [1.807, 2.05) is 30.5 Å². The van der Waals surface area contributed by atoms with Crippen LogP contribution in [-0.4, -0.2) is 82.5 Å². The Morgan fingerprint density at radius 3 is 2.30 bits per heavy atom. The zero-order chi connectivity index (χ0) is 29.1. The summed E-state index contributed by atoms with van der Waals surface area (Å²) in [4.78, 5) is 56.1. The highest BCUT2D eigenvalue weighted by molar-refractivity contribution is 5.94. The number of carbonyl (C=O) groups is 4. The number of aromatic amines is 1. The molecule has 3 rings (SSSR count). The van der Waals surface area contributed by atoms with Gasteiger partial charge in [-0.25, -0.2) is 4.79 Å². The Balaban J connectivity index is 1.70. The fourth-order valence-electron chi connectivity index (χ4n) is 5.18. The van der Waals surface area contributed by atoms with Crippen molar-refractivity contribution in [2.45, 2.75) is 82.0 Å². The Morgan fingerprint density at radius 1 is 0.975 bits per heavy atom. The van der Waals surface area contributed by atoms with Crippen LogP contribution in [-0.2, 0) is 25.6 Å². The van der Waals surface area contributed by atoms with Gasteiger partial charge in [-0.1, -0.05) is 18.2 Å². The van der Waals surface area contributed by atoms with Gasteiger partial charge in [0.15, 0.2) is 0 Å². The maximum Gasteiger partial charge on any atom is 0.326 e. The molecule has 4 atom stereocenters. The second-order valence-corrected chi connectivity index (χ2v) is 10.4. The summed E-state index contributed by atoms with van der Waals surface area (Å²) < 4.78 is 0. The van der Waals surface area contributed by atoms with Crippen LogP contribution in [0.25, 0.3) is 10.9 Å². The number of aliphatic carboxylic acids is 1. The number of likely N-dealkylation sites (tertiary alicyclic amines) is 1. The van der Waals surface area contributed by atoms with E-state index in [4.69, 9.17) is 17.2 Å². The molecule has 1 aliphatic rings. The van der Waals surface area contributed by atoms with Crippen molar-refractivity contribution in [2.24, 2.45) is 17.2 Å². The molecule has 4 unspecified atom stereocenters. The largest absolute Gasteiger partial charge is 0.480 e. The number of carboxylic acid groups (broad SMARTS) is 1. The van der Waals surface area contributed by atoms with Gasteiger partial charge in [0.2, 0.25) is 17.7 Å². The minimum Gasteiger partial charge on any atom is -0.480 e. The molecule has 0 spiro atoms. The molecule has 2 heterocycles. The molecule has 1 fully saturated rings. The fourth-order valence-corrected chi connectivity index (χ4v) is 5.18. The number of nitrogens with two attached hydrogens (primary N) is 3. The van der Waals surface area contributed by atoms with Gasteiger partial charge < -0.3 is 42.8 Å². The third kappa shape index (κ3) is 8.26.